The van der Waals surface area contributed by atoms with Crippen LogP contribution in [-0.2, 0) is 16.8 Å². The second-order valence-corrected chi connectivity index (χ2v) is 8.20. The lowest BCUT2D eigenvalue weighted by Gasteiger charge is -2.22. The Balaban J connectivity index is 0.00000240. The molecule has 2 aromatic rings. The van der Waals surface area contributed by atoms with E-state index in [9.17, 15) is 4.79 Å². The highest BCUT2D eigenvalue weighted by Crippen LogP contribution is 2.46. The number of fused-ring (bicyclic) bond motifs is 2. The van der Waals surface area contributed by atoms with Crippen molar-refractivity contribution < 1.29 is 19.4 Å². The molecule has 0 aromatic heterocycles. The molecule has 1 unspecified atom stereocenters. The molecule has 156 valence electrons. The van der Waals surface area contributed by atoms with Gasteiger partial charge in [-0.3, -0.25) is 4.79 Å². The maximum atomic E-state index is 10.8. The number of nitrogens with zero attached hydrogens (tertiary/aromatic N) is 1. The lowest BCUT2D eigenvalue weighted by Crippen LogP contribution is -2.33. The molecule has 2 aliphatic heterocycles. The summed E-state index contributed by atoms with van der Waals surface area (Å²) < 4.78 is 11.9. The number of likely N-dealkylation sites (tertiary alicyclic amines) is 1. The van der Waals surface area contributed by atoms with Crippen LogP contribution in [0.15, 0.2) is 36.4 Å². The van der Waals surface area contributed by atoms with E-state index in [1.165, 1.54) is 5.56 Å². The van der Waals surface area contributed by atoms with Crippen LogP contribution in [0.5, 0.6) is 11.5 Å². The van der Waals surface area contributed by atoms with E-state index in [0.717, 1.165) is 30.8 Å². The highest BCUT2D eigenvalue weighted by molar-refractivity contribution is 6.35. The van der Waals surface area contributed by atoms with Crippen molar-refractivity contribution >= 4 is 41.6 Å². The molecule has 1 saturated heterocycles. The molecule has 1 spiro atoms. The molecule has 2 aliphatic rings. The van der Waals surface area contributed by atoms with Crippen molar-refractivity contribution in [1.29, 1.82) is 0 Å². The number of halogens is 3. The molecule has 5 nitrogen and oxygen atoms in total. The average Bonchev–Trinajstić information content (AvgIpc) is 3.24. The molecular weight excluding hydrogens is 437 g/mol. The van der Waals surface area contributed by atoms with E-state index >= 15 is 0 Å². The van der Waals surface area contributed by atoms with Gasteiger partial charge in [0.1, 0.15) is 18.1 Å². The third kappa shape index (κ3) is 4.58. The fourth-order valence-corrected chi connectivity index (χ4v) is 4.52. The number of hydrogen-bond donors (Lipinski definition) is 1. The Morgan fingerprint density at radius 2 is 2.00 bits per heavy atom. The van der Waals surface area contributed by atoms with Crippen molar-refractivity contribution in [2.75, 3.05) is 26.2 Å². The van der Waals surface area contributed by atoms with E-state index in [1.807, 2.05) is 12.1 Å². The van der Waals surface area contributed by atoms with Crippen molar-refractivity contribution in [1.82, 2.24) is 4.90 Å². The predicted octanol–water partition coefficient (Wildman–Crippen LogP) is 4.80. The molecule has 8 heteroatoms. The van der Waals surface area contributed by atoms with E-state index < -0.39 is 5.97 Å². The second-order valence-electron chi connectivity index (χ2n) is 7.39. The number of carboxylic acid groups (broad SMARTS) is 1. The average molecular weight is 459 g/mol. The number of benzene rings is 2. The number of hydrogen-bond acceptors (Lipinski definition) is 4. The van der Waals surface area contributed by atoms with Gasteiger partial charge in [-0.1, -0.05) is 35.3 Å². The Labute approximate surface area is 185 Å². The monoisotopic (exact) mass is 457 g/mol. The zero-order valence-corrected chi connectivity index (χ0v) is 18.0. The minimum atomic E-state index is -0.760. The molecule has 1 fully saturated rings. The van der Waals surface area contributed by atoms with Gasteiger partial charge in [0.15, 0.2) is 0 Å². The molecular formula is C21H22Cl3NO4. The standard InChI is InChI=1S/C21H21Cl2NO4.ClH/c22-17-2-1-3-18(23)15(17)11-27-14-4-5-16-19(10-14)28-13-21(16)7-9-24(12-21)8-6-20(25)26;/h1-5,10H,6-9,11-13H2,(H,25,26);1H. The molecule has 1 N–H and O–H groups in total. The Bertz CT molecular complexity index is 887. The fourth-order valence-electron chi connectivity index (χ4n) is 4.01. The predicted molar refractivity (Wildman–Crippen MR) is 115 cm³/mol. The van der Waals surface area contributed by atoms with Crippen LogP contribution in [0.1, 0.15) is 24.0 Å². The van der Waals surface area contributed by atoms with Crippen LogP contribution in [0.25, 0.3) is 0 Å². The van der Waals surface area contributed by atoms with E-state index in [2.05, 4.69) is 11.0 Å². The minimum absolute atomic E-state index is 0. The molecule has 0 aliphatic carbocycles. The SMILES string of the molecule is Cl.O=C(O)CCN1CCC2(COc3cc(OCc4c(Cl)cccc4Cl)ccc32)C1. The first-order valence-corrected chi connectivity index (χ1v) is 10.00. The summed E-state index contributed by atoms with van der Waals surface area (Å²) in [7, 11) is 0. The van der Waals surface area contributed by atoms with Gasteiger partial charge in [-0.25, -0.2) is 0 Å². The van der Waals surface area contributed by atoms with Crippen LogP contribution in [0.3, 0.4) is 0 Å². The zero-order valence-electron chi connectivity index (χ0n) is 15.7. The quantitative estimate of drug-likeness (QED) is 0.673. The molecule has 2 aromatic carbocycles. The second kappa shape index (κ2) is 9.00. The van der Waals surface area contributed by atoms with Crippen LogP contribution in [-0.4, -0.2) is 42.2 Å². The lowest BCUT2D eigenvalue weighted by molar-refractivity contribution is -0.137. The summed E-state index contributed by atoms with van der Waals surface area (Å²) in [4.78, 5) is 13.0. The van der Waals surface area contributed by atoms with Crippen molar-refractivity contribution in [3.8, 4) is 11.5 Å². The van der Waals surface area contributed by atoms with Gasteiger partial charge in [-0.2, -0.15) is 0 Å². The maximum absolute atomic E-state index is 10.8. The smallest absolute Gasteiger partial charge is 0.304 e. The molecule has 1 atom stereocenters. The van der Waals surface area contributed by atoms with E-state index in [0.29, 0.717) is 28.9 Å². The number of rotatable bonds is 6. The van der Waals surface area contributed by atoms with E-state index in [1.54, 1.807) is 18.2 Å². The number of ether oxygens (including phenoxy) is 2. The van der Waals surface area contributed by atoms with Crippen LogP contribution < -0.4 is 9.47 Å². The lowest BCUT2D eigenvalue weighted by atomic mass is 9.82. The van der Waals surface area contributed by atoms with Crippen LogP contribution in [0, 0.1) is 0 Å². The summed E-state index contributed by atoms with van der Waals surface area (Å²) in [5.74, 6) is 0.778. The Morgan fingerprint density at radius 1 is 1.24 bits per heavy atom. The van der Waals surface area contributed by atoms with Gasteiger partial charge in [-0.05, 0) is 31.2 Å². The molecule has 2 heterocycles. The van der Waals surface area contributed by atoms with E-state index in [-0.39, 0.29) is 30.8 Å². The molecule has 0 bridgehead atoms. The molecule has 0 saturated carbocycles. The Hall–Kier alpha value is -1.66. The zero-order chi connectivity index (χ0) is 19.7. The summed E-state index contributed by atoms with van der Waals surface area (Å²) in [5, 5.41) is 10.1. The first kappa shape index (κ1) is 22.0. The first-order chi connectivity index (χ1) is 13.5. The molecule has 0 radical (unpaired) electrons. The summed E-state index contributed by atoms with van der Waals surface area (Å²) in [6.45, 7) is 3.19. The summed E-state index contributed by atoms with van der Waals surface area (Å²) >= 11 is 12.4. The van der Waals surface area contributed by atoms with Gasteiger partial charge in [-0.15, -0.1) is 12.4 Å². The van der Waals surface area contributed by atoms with Gasteiger partial charge in [0.2, 0.25) is 0 Å². The minimum Gasteiger partial charge on any atom is -0.492 e. The van der Waals surface area contributed by atoms with Crippen molar-refractivity contribution in [2.45, 2.75) is 24.9 Å². The van der Waals surface area contributed by atoms with Crippen LogP contribution in [0.2, 0.25) is 10.0 Å². The van der Waals surface area contributed by atoms with Crippen molar-refractivity contribution in [3.05, 3.63) is 57.6 Å². The van der Waals surface area contributed by atoms with Crippen LogP contribution in [0.4, 0.5) is 0 Å². The van der Waals surface area contributed by atoms with Crippen LogP contribution >= 0.6 is 35.6 Å². The molecule has 0 amide bonds. The largest absolute Gasteiger partial charge is 0.492 e. The summed E-state index contributed by atoms with van der Waals surface area (Å²) in [6.07, 6.45) is 1.14. The third-order valence-corrected chi connectivity index (χ3v) is 6.26. The number of aliphatic carboxylic acids is 1. The third-order valence-electron chi connectivity index (χ3n) is 5.55. The van der Waals surface area contributed by atoms with Crippen molar-refractivity contribution in [3.63, 3.8) is 0 Å². The number of carbonyl (C=O) groups is 1. The maximum Gasteiger partial charge on any atom is 0.304 e. The number of carboxylic acids is 1. The fraction of sp³-hybridized carbons (Fsp3) is 0.381. The normalized spacial score (nSPS) is 20.2. The molecule has 4 rings (SSSR count). The molecule has 29 heavy (non-hydrogen) atoms. The highest BCUT2D eigenvalue weighted by atomic mass is 35.5. The van der Waals surface area contributed by atoms with Gasteiger partial charge in [0.25, 0.3) is 0 Å². The first-order valence-electron chi connectivity index (χ1n) is 9.24. The highest BCUT2D eigenvalue weighted by Gasteiger charge is 2.45. The van der Waals surface area contributed by atoms with Crippen molar-refractivity contribution in [2.24, 2.45) is 0 Å². The Morgan fingerprint density at radius 3 is 2.72 bits per heavy atom. The van der Waals surface area contributed by atoms with Gasteiger partial charge in [0.05, 0.1) is 13.0 Å². The topological polar surface area (TPSA) is 59.0 Å². The summed E-state index contributed by atoms with van der Waals surface area (Å²) in [6, 6.07) is 11.3. The van der Waals surface area contributed by atoms with Gasteiger partial charge >= 0.3 is 5.97 Å². The van der Waals surface area contributed by atoms with E-state index in [4.69, 9.17) is 37.8 Å². The summed E-state index contributed by atoms with van der Waals surface area (Å²) in [5.41, 5.74) is 1.88. The Kier molecular flexibility index (Phi) is 6.84. The van der Waals surface area contributed by atoms with Gasteiger partial charge < -0.3 is 19.5 Å². The van der Waals surface area contributed by atoms with Gasteiger partial charge in [0, 0.05) is 45.7 Å².